The van der Waals surface area contributed by atoms with Crippen LogP contribution >= 0.6 is 0 Å². The third kappa shape index (κ3) is 2.45. The van der Waals surface area contributed by atoms with Crippen LogP contribution < -0.4 is 4.90 Å². The molecule has 2 heterocycles. The highest BCUT2D eigenvalue weighted by Crippen LogP contribution is 2.22. The fraction of sp³-hybridized carbons (Fsp3) is 0.429. The standard InChI is InChI=1S/C14H17FN4/c1-18-14(19-9-3-2-4-10-19)16-13(17-18)11-5-7-12(15)8-6-11/h5-8H,2-4,9-10H2,1H3. The number of hydrogen-bond donors (Lipinski definition) is 0. The molecule has 0 N–H and O–H groups in total. The van der Waals surface area contributed by atoms with Crippen LogP contribution in [-0.4, -0.2) is 27.9 Å². The molecule has 1 aliphatic heterocycles. The molecule has 0 bridgehead atoms. The SMILES string of the molecule is Cn1nc(-c2ccc(F)cc2)nc1N1CCCCC1. The van der Waals surface area contributed by atoms with E-state index in [1.807, 2.05) is 11.7 Å². The van der Waals surface area contributed by atoms with Crippen molar-refractivity contribution >= 4 is 5.95 Å². The zero-order valence-corrected chi connectivity index (χ0v) is 11.0. The summed E-state index contributed by atoms with van der Waals surface area (Å²) in [5, 5.41) is 4.43. The van der Waals surface area contributed by atoms with Crippen LogP contribution in [-0.2, 0) is 7.05 Å². The van der Waals surface area contributed by atoms with Crippen LogP contribution in [0.25, 0.3) is 11.4 Å². The van der Waals surface area contributed by atoms with Gasteiger partial charge in [0.1, 0.15) is 5.82 Å². The van der Waals surface area contributed by atoms with Gasteiger partial charge >= 0.3 is 0 Å². The number of piperidine rings is 1. The minimum absolute atomic E-state index is 0.240. The monoisotopic (exact) mass is 260 g/mol. The summed E-state index contributed by atoms with van der Waals surface area (Å²) in [5.74, 6) is 1.32. The first-order chi connectivity index (χ1) is 9.24. The van der Waals surface area contributed by atoms with Crippen molar-refractivity contribution in [2.45, 2.75) is 19.3 Å². The van der Waals surface area contributed by atoms with Crippen molar-refractivity contribution in [1.29, 1.82) is 0 Å². The third-order valence-corrected chi connectivity index (χ3v) is 3.48. The van der Waals surface area contributed by atoms with Gasteiger partial charge < -0.3 is 4.90 Å². The van der Waals surface area contributed by atoms with Gasteiger partial charge in [-0.15, -0.1) is 5.10 Å². The second-order valence-corrected chi connectivity index (χ2v) is 4.91. The van der Waals surface area contributed by atoms with Crippen LogP contribution in [0.15, 0.2) is 24.3 Å². The Morgan fingerprint density at radius 2 is 1.74 bits per heavy atom. The van der Waals surface area contributed by atoms with E-state index in [2.05, 4.69) is 15.0 Å². The zero-order chi connectivity index (χ0) is 13.2. The summed E-state index contributed by atoms with van der Waals surface area (Å²) in [5.41, 5.74) is 0.847. The van der Waals surface area contributed by atoms with Crippen LogP contribution in [0, 0.1) is 5.82 Å². The molecular formula is C14H17FN4. The van der Waals surface area contributed by atoms with Crippen LogP contribution in [0.2, 0.25) is 0 Å². The first-order valence-corrected chi connectivity index (χ1v) is 6.66. The van der Waals surface area contributed by atoms with Crippen LogP contribution in [0.1, 0.15) is 19.3 Å². The highest BCUT2D eigenvalue weighted by atomic mass is 19.1. The summed E-state index contributed by atoms with van der Waals surface area (Å²) in [4.78, 5) is 6.86. The molecule has 0 atom stereocenters. The summed E-state index contributed by atoms with van der Waals surface area (Å²) in [6, 6.07) is 6.30. The van der Waals surface area contributed by atoms with Crippen LogP contribution in [0.4, 0.5) is 10.3 Å². The Labute approximate surface area is 111 Å². The van der Waals surface area contributed by atoms with Crippen molar-refractivity contribution in [2.24, 2.45) is 7.05 Å². The summed E-state index contributed by atoms with van der Waals surface area (Å²) >= 11 is 0. The van der Waals surface area contributed by atoms with Gasteiger partial charge in [-0.25, -0.2) is 9.07 Å². The largest absolute Gasteiger partial charge is 0.341 e. The van der Waals surface area contributed by atoms with Crippen molar-refractivity contribution in [2.75, 3.05) is 18.0 Å². The molecule has 2 aromatic rings. The van der Waals surface area contributed by atoms with E-state index in [0.29, 0.717) is 5.82 Å². The van der Waals surface area contributed by atoms with E-state index in [0.717, 1.165) is 24.6 Å². The molecule has 0 unspecified atom stereocenters. The van der Waals surface area contributed by atoms with Gasteiger partial charge in [-0.2, -0.15) is 4.98 Å². The topological polar surface area (TPSA) is 34.0 Å². The number of rotatable bonds is 2. The summed E-state index contributed by atoms with van der Waals surface area (Å²) in [7, 11) is 1.91. The van der Waals surface area contributed by atoms with E-state index < -0.39 is 0 Å². The molecule has 19 heavy (non-hydrogen) atoms. The predicted molar refractivity (Wildman–Crippen MR) is 72.5 cm³/mol. The lowest BCUT2D eigenvalue weighted by Crippen LogP contribution is -2.31. The number of hydrogen-bond acceptors (Lipinski definition) is 3. The molecule has 1 aromatic carbocycles. The Hall–Kier alpha value is -1.91. The fourth-order valence-electron chi connectivity index (χ4n) is 2.47. The zero-order valence-electron chi connectivity index (χ0n) is 11.0. The minimum atomic E-state index is -0.240. The van der Waals surface area contributed by atoms with E-state index in [1.54, 1.807) is 12.1 Å². The van der Waals surface area contributed by atoms with Gasteiger partial charge in [0.05, 0.1) is 0 Å². The molecule has 4 nitrogen and oxygen atoms in total. The van der Waals surface area contributed by atoms with Gasteiger partial charge in [0.2, 0.25) is 5.95 Å². The normalized spacial score (nSPS) is 15.8. The number of aromatic nitrogens is 3. The third-order valence-electron chi connectivity index (χ3n) is 3.48. The first kappa shape index (κ1) is 12.1. The van der Waals surface area contributed by atoms with Crippen LogP contribution in [0.3, 0.4) is 0 Å². The Kier molecular flexibility index (Phi) is 3.19. The lowest BCUT2D eigenvalue weighted by atomic mass is 10.1. The van der Waals surface area contributed by atoms with Crippen LogP contribution in [0.5, 0.6) is 0 Å². The predicted octanol–water partition coefficient (Wildman–Crippen LogP) is 2.61. The number of benzene rings is 1. The summed E-state index contributed by atoms with van der Waals surface area (Å²) in [6.45, 7) is 2.07. The second-order valence-electron chi connectivity index (χ2n) is 4.91. The van der Waals surface area contributed by atoms with Gasteiger partial charge in [0.15, 0.2) is 5.82 Å². The van der Waals surface area contributed by atoms with E-state index >= 15 is 0 Å². The molecule has 1 saturated heterocycles. The maximum Gasteiger partial charge on any atom is 0.224 e. The Morgan fingerprint density at radius 3 is 2.42 bits per heavy atom. The molecule has 1 aromatic heterocycles. The highest BCUT2D eigenvalue weighted by molar-refractivity contribution is 5.56. The lowest BCUT2D eigenvalue weighted by molar-refractivity contribution is 0.557. The summed E-state index contributed by atoms with van der Waals surface area (Å²) < 4.78 is 14.7. The quantitative estimate of drug-likeness (QED) is 0.832. The average molecular weight is 260 g/mol. The first-order valence-electron chi connectivity index (χ1n) is 6.66. The minimum Gasteiger partial charge on any atom is -0.341 e. The Balaban J connectivity index is 1.90. The van der Waals surface area contributed by atoms with Crippen molar-refractivity contribution < 1.29 is 4.39 Å². The molecule has 3 rings (SSSR count). The molecule has 0 spiro atoms. The van der Waals surface area contributed by atoms with Gasteiger partial charge in [-0.05, 0) is 43.5 Å². The van der Waals surface area contributed by atoms with E-state index in [1.165, 1.54) is 31.4 Å². The van der Waals surface area contributed by atoms with E-state index in [4.69, 9.17) is 0 Å². The smallest absolute Gasteiger partial charge is 0.224 e. The van der Waals surface area contributed by atoms with Gasteiger partial charge in [0.25, 0.3) is 0 Å². The molecule has 5 heteroatoms. The van der Waals surface area contributed by atoms with Gasteiger partial charge in [-0.1, -0.05) is 0 Å². The van der Waals surface area contributed by atoms with Gasteiger partial charge in [-0.3, -0.25) is 0 Å². The van der Waals surface area contributed by atoms with Crippen molar-refractivity contribution in [3.63, 3.8) is 0 Å². The molecule has 0 radical (unpaired) electrons. The molecule has 100 valence electrons. The number of anilines is 1. The maximum absolute atomic E-state index is 12.9. The van der Waals surface area contributed by atoms with Gasteiger partial charge in [0, 0.05) is 25.7 Å². The molecule has 1 aliphatic rings. The maximum atomic E-state index is 12.9. The summed E-state index contributed by atoms with van der Waals surface area (Å²) in [6.07, 6.45) is 3.71. The molecule has 0 amide bonds. The Morgan fingerprint density at radius 1 is 1.05 bits per heavy atom. The molecule has 0 aliphatic carbocycles. The van der Waals surface area contributed by atoms with E-state index in [-0.39, 0.29) is 5.82 Å². The van der Waals surface area contributed by atoms with Crippen molar-refractivity contribution in [1.82, 2.24) is 14.8 Å². The molecule has 0 saturated carbocycles. The van der Waals surface area contributed by atoms with Crippen molar-refractivity contribution in [3.8, 4) is 11.4 Å². The second kappa shape index (κ2) is 4.99. The van der Waals surface area contributed by atoms with E-state index in [9.17, 15) is 4.39 Å². The Bertz CT molecular complexity index is 555. The fourth-order valence-corrected chi connectivity index (χ4v) is 2.47. The number of nitrogens with zero attached hydrogens (tertiary/aromatic N) is 4. The number of halogens is 1. The highest BCUT2D eigenvalue weighted by Gasteiger charge is 2.17. The van der Waals surface area contributed by atoms with Crippen molar-refractivity contribution in [3.05, 3.63) is 30.1 Å². The number of aryl methyl sites for hydroxylation is 1. The molecular weight excluding hydrogens is 243 g/mol. The molecule has 1 fully saturated rings. The lowest BCUT2D eigenvalue weighted by Gasteiger charge is -2.26. The average Bonchev–Trinajstić information content (AvgIpc) is 2.83.